The van der Waals surface area contributed by atoms with Gasteiger partial charge >= 0.3 is 12.1 Å². The summed E-state index contributed by atoms with van der Waals surface area (Å²) in [4.78, 5) is 29.6. The second-order valence-electron chi connectivity index (χ2n) is 9.33. The third kappa shape index (κ3) is 4.70. The quantitative estimate of drug-likeness (QED) is 0.375. The molecule has 1 fully saturated rings. The summed E-state index contributed by atoms with van der Waals surface area (Å²) in [6.07, 6.45) is -0.396. The van der Waals surface area contributed by atoms with Gasteiger partial charge in [0.25, 0.3) is 0 Å². The fourth-order valence-electron chi connectivity index (χ4n) is 4.69. The summed E-state index contributed by atoms with van der Waals surface area (Å²) in [6.45, 7) is 1.78. The number of rotatable bonds is 4. The lowest BCUT2D eigenvalue weighted by atomic mass is 9.99. The summed E-state index contributed by atoms with van der Waals surface area (Å²) >= 11 is 0. The Bertz CT molecular complexity index is 1700. The number of nitrogens with zero attached hydrogens (tertiary/aromatic N) is 6. The van der Waals surface area contributed by atoms with E-state index < -0.39 is 23.4 Å². The van der Waals surface area contributed by atoms with Crippen molar-refractivity contribution in [2.24, 2.45) is 0 Å². The number of carbonyl (C=O) groups excluding carboxylic acids is 1. The molecular formula is C26H18F4N8O. The van der Waals surface area contributed by atoms with Crippen molar-refractivity contribution in [1.29, 1.82) is 10.5 Å². The molecule has 1 saturated heterocycles. The van der Waals surface area contributed by atoms with Crippen LogP contribution in [0, 0.1) is 28.5 Å². The van der Waals surface area contributed by atoms with Crippen LogP contribution >= 0.6 is 0 Å². The molecule has 9 nitrogen and oxygen atoms in total. The monoisotopic (exact) mass is 534 g/mol. The van der Waals surface area contributed by atoms with Gasteiger partial charge in [-0.3, -0.25) is 9.78 Å². The molecule has 39 heavy (non-hydrogen) atoms. The van der Waals surface area contributed by atoms with E-state index in [-0.39, 0.29) is 30.7 Å². The van der Waals surface area contributed by atoms with E-state index in [0.29, 0.717) is 39.3 Å². The fourth-order valence-corrected chi connectivity index (χ4v) is 4.69. The van der Waals surface area contributed by atoms with E-state index in [0.717, 1.165) is 6.07 Å². The number of halogens is 4. The van der Waals surface area contributed by atoms with Gasteiger partial charge in [0.05, 0.1) is 27.9 Å². The number of H-pyrrole nitrogens is 1. The van der Waals surface area contributed by atoms with Crippen molar-refractivity contribution in [1.82, 2.24) is 25.3 Å². The number of hydrogen-bond donors (Lipinski definition) is 2. The van der Waals surface area contributed by atoms with Crippen molar-refractivity contribution in [2.45, 2.75) is 25.1 Å². The number of aromatic nitrogens is 4. The molecule has 4 aromatic rings. The summed E-state index contributed by atoms with van der Waals surface area (Å²) < 4.78 is 53.1. The second-order valence-corrected chi connectivity index (χ2v) is 9.33. The largest absolute Gasteiger partial charge is 0.471 e. The average Bonchev–Trinajstić information content (AvgIpc) is 3.51. The number of imidazole rings is 1. The predicted molar refractivity (Wildman–Crippen MR) is 131 cm³/mol. The predicted octanol–water partition coefficient (Wildman–Crippen LogP) is 4.22. The smallest absolute Gasteiger partial charge is 0.368 e. The Morgan fingerprint density at radius 1 is 1.15 bits per heavy atom. The van der Waals surface area contributed by atoms with Crippen LogP contribution in [0.15, 0.2) is 42.9 Å². The zero-order valence-electron chi connectivity index (χ0n) is 20.3. The van der Waals surface area contributed by atoms with Gasteiger partial charge in [-0.15, -0.1) is 0 Å². The van der Waals surface area contributed by atoms with E-state index in [9.17, 15) is 32.9 Å². The number of nitriles is 2. The third-order valence-corrected chi connectivity index (χ3v) is 6.55. The number of alkyl halides is 3. The van der Waals surface area contributed by atoms with E-state index in [1.807, 2.05) is 0 Å². The highest BCUT2D eigenvalue weighted by Crippen LogP contribution is 2.41. The van der Waals surface area contributed by atoms with E-state index in [1.54, 1.807) is 11.0 Å². The maximum absolute atomic E-state index is 14.1. The molecule has 0 bridgehead atoms. The number of pyridine rings is 2. The Balaban J connectivity index is 1.66. The standard InChI is InChI=1S/C26H18F4N8O/c1-25(37-24(39)26(28,29)30)5-7-38(13-25)21-17(14-2-3-19(27)16(8-14)10-32)11-33-12-18(21)22-35-20-15(9-31)4-6-34-23(20)36-22/h2-4,6,8,11-12H,5,7,13H2,1H3,(H,37,39)(H,34,35,36)/t25-/m0/s1. The lowest BCUT2D eigenvalue weighted by molar-refractivity contribution is -0.175. The first-order chi connectivity index (χ1) is 18.5. The minimum atomic E-state index is -5.04. The molecule has 0 spiro atoms. The number of anilines is 1. The molecule has 3 aromatic heterocycles. The SMILES string of the molecule is C[C@]1(NC(=O)C(F)(F)F)CCN(c2c(-c3ccc(F)c(C#N)c3)cncc2-c2nc3nccc(C#N)c3[nH]2)C1. The van der Waals surface area contributed by atoms with E-state index in [2.05, 4.69) is 31.3 Å². The highest BCUT2D eigenvalue weighted by molar-refractivity contribution is 5.92. The van der Waals surface area contributed by atoms with Crippen molar-refractivity contribution >= 4 is 22.8 Å². The van der Waals surface area contributed by atoms with Crippen molar-refractivity contribution in [3.8, 4) is 34.7 Å². The van der Waals surface area contributed by atoms with Crippen molar-refractivity contribution in [3.05, 3.63) is 59.8 Å². The van der Waals surface area contributed by atoms with Gasteiger partial charge in [0, 0.05) is 37.2 Å². The zero-order valence-corrected chi connectivity index (χ0v) is 20.3. The van der Waals surface area contributed by atoms with Gasteiger partial charge in [-0.05, 0) is 37.1 Å². The Labute approximate surface area is 218 Å². The van der Waals surface area contributed by atoms with Crippen LogP contribution in [0.4, 0.5) is 23.2 Å². The topological polar surface area (TPSA) is 134 Å². The van der Waals surface area contributed by atoms with Gasteiger partial charge in [-0.25, -0.2) is 14.4 Å². The van der Waals surface area contributed by atoms with Gasteiger partial charge in [0.1, 0.15) is 29.3 Å². The molecule has 1 aliphatic heterocycles. The fraction of sp³-hybridized carbons (Fsp3) is 0.231. The molecule has 1 atom stereocenters. The van der Waals surface area contributed by atoms with Crippen molar-refractivity contribution in [2.75, 3.05) is 18.0 Å². The number of carbonyl (C=O) groups is 1. The third-order valence-electron chi connectivity index (χ3n) is 6.55. The van der Waals surface area contributed by atoms with Crippen LogP contribution in [0.3, 0.4) is 0 Å². The normalized spacial score (nSPS) is 17.2. The Kier molecular flexibility index (Phi) is 6.15. The second kappa shape index (κ2) is 9.36. The molecule has 5 rings (SSSR count). The molecule has 0 saturated carbocycles. The number of benzene rings is 1. The number of hydrogen-bond acceptors (Lipinski definition) is 7. The number of fused-ring (bicyclic) bond motifs is 1. The molecule has 0 aliphatic carbocycles. The summed E-state index contributed by atoms with van der Waals surface area (Å²) in [6, 6.07) is 9.36. The summed E-state index contributed by atoms with van der Waals surface area (Å²) in [7, 11) is 0. The van der Waals surface area contributed by atoms with Gasteiger partial charge in [0.15, 0.2) is 5.65 Å². The van der Waals surface area contributed by atoms with Crippen LogP contribution in [0.2, 0.25) is 0 Å². The Morgan fingerprint density at radius 3 is 2.62 bits per heavy atom. The van der Waals surface area contributed by atoms with Crippen LogP contribution in [-0.2, 0) is 4.79 Å². The molecular weight excluding hydrogens is 516 g/mol. The van der Waals surface area contributed by atoms with Crippen LogP contribution in [-0.4, -0.2) is 50.6 Å². The van der Waals surface area contributed by atoms with Crippen LogP contribution in [0.5, 0.6) is 0 Å². The van der Waals surface area contributed by atoms with Gasteiger partial charge < -0.3 is 15.2 Å². The van der Waals surface area contributed by atoms with E-state index in [4.69, 9.17) is 0 Å². The average molecular weight is 534 g/mol. The zero-order chi connectivity index (χ0) is 27.9. The van der Waals surface area contributed by atoms with Crippen LogP contribution in [0.1, 0.15) is 24.5 Å². The molecule has 0 unspecified atom stereocenters. The first-order valence-electron chi connectivity index (χ1n) is 11.6. The van der Waals surface area contributed by atoms with Gasteiger partial charge in [-0.1, -0.05) is 6.07 Å². The highest BCUT2D eigenvalue weighted by Gasteiger charge is 2.45. The molecule has 1 aromatic carbocycles. The van der Waals surface area contributed by atoms with E-state index >= 15 is 0 Å². The van der Waals surface area contributed by atoms with Crippen molar-refractivity contribution in [3.63, 3.8) is 0 Å². The number of aromatic amines is 1. The molecule has 1 amide bonds. The minimum absolute atomic E-state index is 0.00700. The lowest BCUT2D eigenvalue weighted by Gasteiger charge is -2.29. The summed E-state index contributed by atoms with van der Waals surface area (Å²) in [5.41, 5.74) is 1.40. The molecule has 1 aliphatic rings. The van der Waals surface area contributed by atoms with Crippen LogP contribution < -0.4 is 10.2 Å². The molecule has 13 heteroatoms. The minimum Gasteiger partial charge on any atom is -0.368 e. The van der Waals surface area contributed by atoms with Gasteiger partial charge in [0.2, 0.25) is 0 Å². The Hall–Kier alpha value is -5.04. The molecule has 196 valence electrons. The Morgan fingerprint density at radius 2 is 1.90 bits per heavy atom. The van der Waals surface area contributed by atoms with Crippen molar-refractivity contribution < 1.29 is 22.4 Å². The lowest BCUT2D eigenvalue weighted by Crippen LogP contribution is -2.52. The highest BCUT2D eigenvalue weighted by atomic mass is 19.4. The molecule has 0 radical (unpaired) electrons. The number of amides is 1. The van der Waals surface area contributed by atoms with Crippen LogP contribution in [0.25, 0.3) is 33.7 Å². The maximum atomic E-state index is 14.1. The first kappa shape index (κ1) is 25.6. The van der Waals surface area contributed by atoms with E-state index in [1.165, 1.54) is 43.7 Å². The first-order valence-corrected chi connectivity index (χ1v) is 11.6. The number of nitrogens with one attached hydrogen (secondary N) is 2. The maximum Gasteiger partial charge on any atom is 0.471 e. The molecule has 2 N–H and O–H groups in total. The summed E-state index contributed by atoms with van der Waals surface area (Å²) in [5.74, 6) is -2.45. The summed E-state index contributed by atoms with van der Waals surface area (Å²) in [5, 5.41) is 20.9. The molecule has 4 heterocycles. The van der Waals surface area contributed by atoms with Gasteiger partial charge in [-0.2, -0.15) is 23.7 Å².